The quantitative estimate of drug-likeness (QED) is 0.880. The van der Waals surface area contributed by atoms with Gasteiger partial charge in [-0.25, -0.2) is 9.37 Å². The molecule has 0 amide bonds. The normalized spacial score (nSPS) is 10.6. The SMILES string of the molecule is Cc1nccn1CCOc1ccc(CN)cc1F. The Morgan fingerprint density at radius 1 is 1.44 bits per heavy atom. The van der Waals surface area contributed by atoms with E-state index in [-0.39, 0.29) is 11.6 Å². The highest BCUT2D eigenvalue weighted by Crippen LogP contribution is 2.18. The summed E-state index contributed by atoms with van der Waals surface area (Å²) < 4.78 is 20.9. The second-order valence-corrected chi connectivity index (χ2v) is 3.99. The van der Waals surface area contributed by atoms with Crippen molar-refractivity contribution >= 4 is 0 Å². The lowest BCUT2D eigenvalue weighted by Gasteiger charge is -2.09. The number of benzene rings is 1. The minimum atomic E-state index is -0.375. The second kappa shape index (κ2) is 5.64. The molecular formula is C13H16FN3O. The first-order valence-corrected chi connectivity index (χ1v) is 5.79. The van der Waals surface area contributed by atoms with Gasteiger partial charge in [-0.2, -0.15) is 0 Å². The first-order chi connectivity index (χ1) is 8.70. The number of aryl methyl sites for hydroxylation is 1. The van der Waals surface area contributed by atoms with Crippen LogP contribution in [0.2, 0.25) is 0 Å². The summed E-state index contributed by atoms with van der Waals surface area (Å²) in [5.41, 5.74) is 6.19. The van der Waals surface area contributed by atoms with Crippen LogP contribution >= 0.6 is 0 Å². The summed E-state index contributed by atoms with van der Waals surface area (Å²) in [5, 5.41) is 0. The Balaban J connectivity index is 1.92. The summed E-state index contributed by atoms with van der Waals surface area (Å²) >= 11 is 0. The summed E-state index contributed by atoms with van der Waals surface area (Å²) in [7, 11) is 0. The third-order valence-electron chi connectivity index (χ3n) is 2.75. The van der Waals surface area contributed by atoms with E-state index >= 15 is 0 Å². The van der Waals surface area contributed by atoms with E-state index in [1.165, 1.54) is 6.07 Å². The number of ether oxygens (including phenoxy) is 1. The average Bonchev–Trinajstić information content (AvgIpc) is 2.77. The lowest BCUT2D eigenvalue weighted by Crippen LogP contribution is -2.09. The zero-order chi connectivity index (χ0) is 13.0. The van der Waals surface area contributed by atoms with Crippen LogP contribution in [0.5, 0.6) is 5.75 Å². The van der Waals surface area contributed by atoms with Crippen molar-refractivity contribution in [2.75, 3.05) is 6.61 Å². The number of halogens is 1. The van der Waals surface area contributed by atoms with Crippen LogP contribution in [0.25, 0.3) is 0 Å². The zero-order valence-corrected chi connectivity index (χ0v) is 10.3. The Morgan fingerprint density at radius 2 is 2.28 bits per heavy atom. The predicted molar refractivity (Wildman–Crippen MR) is 66.8 cm³/mol. The van der Waals surface area contributed by atoms with Crippen LogP contribution in [0.1, 0.15) is 11.4 Å². The van der Waals surface area contributed by atoms with Crippen molar-refractivity contribution in [2.24, 2.45) is 5.73 Å². The third-order valence-corrected chi connectivity index (χ3v) is 2.75. The molecule has 0 atom stereocenters. The van der Waals surface area contributed by atoms with Gasteiger partial charge in [-0.3, -0.25) is 0 Å². The van der Waals surface area contributed by atoms with E-state index in [4.69, 9.17) is 10.5 Å². The maximum atomic E-state index is 13.6. The van der Waals surface area contributed by atoms with Crippen molar-refractivity contribution in [3.05, 3.63) is 47.8 Å². The highest BCUT2D eigenvalue weighted by Gasteiger charge is 2.04. The minimum absolute atomic E-state index is 0.255. The lowest BCUT2D eigenvalue weighted by molar-refractivity contribution is 0.283. The highest BCUT2D eigenvalue weighted by molar-refractivity contribution is 5.29. The Kier molecular flexibility index (Phi) is 3.94. The van der Waals surface area contributed by atoms with E-state index < -0.39 is 0 Å². The summed E-state index contributed by atoms with van der Waals surface area (Å²) in [6, 6.07) is 4.77. The van der Waals surface area contributed by atoms with E-state index in [1.54, 1.807) is 18.3 Å². The fourth-order valence-corrected chi connectivity index (χ4v) is 1.68. The Hall–Kier alpha value is -1.88. The number of rotatable bonds is 5. The number of hydrogen-bond donors (Lipinski definition) is 1. The van der Waals surface area contributed by atoms with Crippen molar-refractivity contribution in [2.45, 2.75) is 20.0 Å². The molecule has 0 aliphatic heterocycles. The van der Waals surface area contributed by atoms with Gasteiger partial charge < -0.3 is 15.0 Å². The molecule has 0 saturated carbocycles. The molecule has 2 N–H and O–H groups in total. The smallest absolute Gasteiger partial charge is 0.165 e. The summed E-state index contributed by atoms with van der Waals surface area (Å²) in [4.78, 5) is 4.10. The Bertz CT molecular complexity index is 525. The molecule has 0 bridgehead atoms. The molecule has 5 heteroatoms. The van der Waals surface area contributed by atoms with Crippen LogP contribution in [0.3, 0.4) is 0 Å². The molecule has 18 heavy (non-hydrogen) atoms. The topological polar surface area (TPSA) is 53.1 Å². The van der Waals surface area contributed by atoms with Gasteiger partial charge in [0.1, 0.15) is 12.4 Å². The molecule has 0 aliphatic rings. The third kappa shape index (κ3) is 2.87. The minimum Gasteiger partial charge on any atom is -0.489 e. The standard InChI is InChI=1S/C13H16FN3O/c1-10-16-4-5-17(10)6-7-18-13-3-2-11(9-15)8-12(13)14/h2-5,8H,6-7,9,15H2,1H3. The van der Waals surface area contributed by atoms with E-state index in [2.05, 4.69) is 4.98 Å². The van der Waals surface area contributed by atoms with E-state index in [1.807, 2.05) is 17.7 Å². The van der Waals surface area contributed by atoms with Crippen molar-refractivity contribution in [3.63, 3.8) is 0 Å². The van der Waals surface area contributed by atoms with Crippen molar-refractivity contribution in [1.82, 2.24) is 9.55 Å². The Labute approximate surface area is 105 Å². The van der Waals surface area contributed by atoms with Crippen molar-refractivity contribution < 1.29 is 9.13 Å². The molecule has 2 rings (SSSR count). The average molecular weight is 249 g/mol. The van der Waals surface area contributed by atoms with Crippen LogP contribution in [0.4, 0.5) is 4.39 Å². The lowest BCUT2D eigenvalue weighted by atomic mass is 10.2. The molecule has 0 saturated heterocycles. The molecule has 0 spiro atoms. The highest BCUT2D eigenvalue weighted by atomic mass is 19.1. The van der Waals surface area contributed by atoms with Gasteiger partial charge in [0.15, 0.2) is 11.6 Å². The van der Waals surface area contributed by atoms with Gasteiger partial charge in [-0.1, -0.05) is 6.07 Å². The predicted octanol–water partition coefficient (Wildman–Crippen LogP) is 1.87. The maximum absolute atomic E-state index is 13.6. The molecule has 0 radical (unpaired) electrons. The van der Waals surface area contributed by atoms with Gasteiger partial charge in [-0.15, -0.1) is 0 Å². The number of hydrogen-bond acceptors (Lipinski definition) is 3. The number of nitrogens with zero attached hydrogens (tertiary/aromatic N) is 2. The van der Waals surface area contributed by atoms with Crippen molar-refractivity contribution in [3.8, 4) is 5.75 Å². The van der Waals surface area contributed by atoms with Crippen LogP contribution in [0.15, 0.2) is 30.6 Å². The van der Waals surface area contributed by atoms with Crippen molar-refractivity contribution in [1.29, 1.82) is 0 Å². The first kappa shape index (κ1) is 12.6. The number of nitrogens with two attached hydrogens (primary N) is 1. The molecule has 0 fully saturated rings. The van der Waals surface area contributed by atoms with Crippen LogP contribution in [-0.2, 0) is 13.1 Å². The van der Waals surface area contributed by atoms with Gasteiger partial charge in [0.25, 0.3) is 0 Å². The zero-order valence-electron chi connectivity index (χ0n) is 10.3. The number of aromatic nitrogens is 2. The molecule has 4 nitrogen and oxygen atoms in total. The van der Waals surface area contributed by atoms with Crippen LogP contribution in [0, 0.1) is 12.7 Å². The largest absolute Gasteiger partial charge is 0.489 e. The first-order valence-electron chi connectivity index (χ1n) is 5.79. The maximum Gasteiger partial charge on any atom is 0.165 e. The number of imidazole rings is 1. The molecule has 0 aliphatic carbocycles. The molecule has 96 valence electrons. The van der Waals surface area contributed by atoms with E-state index in [0.29, 0.717) is 19.7 Å². The molecule has 1 heterocycles. The van der Waals surface area contributed by atoms with E-state index in [9.17, 15) is 4.39 Å². The van der Waals surface area contributed by atoms with Crippen LogP contribution in [-0.4, -0.2) is 16.2 Å². The van der Waals surface area contributed by atoms with Gasteiger partial charge in [-0.05, 0) is 24.6 Å². The molecule has 1 aromatic carbocycles. The van der Waals surface area contributed by atoms with Gasteiger partial charge in [0.05, 0.1) is 6.54 Å². The second-order valence-electron chi connectivity index (χ2n) is 3.99. The fourth-order valence-electron chi connectivity index (χ4n) is 1.68. The van der Waals surface area contributed by atoms with Gasteiger partial charge >= 0.3 is 0 Å². The molecule has 0 unspecified atom stereocenters. The van der Waals surface area contributed by atoms with Crippen LogP contribution < -0.4 is 10.5 Å². The van der Waals surface area contributed by atoms with Gasteiger partial charge in [0.2, 0.25) is 0 Å². The Morgan fingerprint density at radius 3 is 2.89 bits per heavy atom. The fraction of sp³-hybridized carbons (Fsp3) is 0.308. The van der Waals surface area contributed by atoms with Gasteiger partial charge in [0, 0.05) is 18.9 Å². The summed E-state index contributed by atoms with van der Waals surface area (Å²) in [6.07, 6.45) is 3.60. The molecular weight excluding hydrogens is 233 g/mol. The summed E-state index contributed by atoms with van der Waals surface area (Å²) in [5.74, 6) is 0.794. The van der Waals surface area contributed by atoms with E-state index in [0.717, 1.165) is 11.4 Å². The monoisotopic (exact) mass is 249 g/mol. The molecule has 1 aromatic heterocycles. The molecule has 2 aromatic rings. The summed E-state index contributed by atoms with van der Waals surface area (Å²) in [6.45, 7) is 3.28.